The summed E-state index contributed by atoms with van der Waals surface area (Å²) in [5, 5.41) is 14.7. The van der Waals surface area contributed by atoms with E-state index in [2.05, 4.69) is 26.7 Å². The van der Waals surface area contributed by atoms with Gasteiger partial charge < -0.3 is 15.4 Å². The predicted molar refractivity (Wildman–Crippen MR) is 112 cm³/mol. The molecule has 0 bridgehead atoms. The van der Waals surface area contributed by atoms with Crippen LogP contribution in [0.15, 0.2) is 42.6 Å². The average Bonchev–Trinajstić information content (AvgIpc) is 2.72. The first-order chi connectivity index (χ1) is 14.4. The fourth-order valence-electron chi connectivity index (χ4n) is 2.86. The summed E-state index contributed by atoms with van der Waals surface area (Å²) < 4.78 is 5.88. The number of aldehydes is 1. The van der Waals surface area contributed by atoms with Gasteiger partial charge in [0, 0.05) is 18.2 Å². The van der Waals surface area contributed by atoms with Gasteiger partial charge in [0.25, 0.3) is 0 Å². The molecule has 1 amide bonds. The van der Waals surface area contributed by atoms with E-state index >= 15 is 0 Å². The van der Waals surface area contributed by atoms with Crippen LogP contribution >= 0.6 is 0 Å². The van der Waals surface area contributed by atoms with Crippen molar-refractivity contribution in [3.05, 3.63) is 64.8 Å². The number of nitrogens with zero attached hydrogens (tertiary/aromatic N) is 3. The molecule has 0 saturated carbocycles. The average molecular weight is 401 g/mol. The maximum Gasteiger partial charge on any atom is 0.324 e. The topological polar surface area (TPSA) is 117 Å². The van der Waals surface area contributed by atoms with Crippen molar-refractivity contribution < 1.29 is 14.3 Å². The lowest BCUT2D eigenvalue weighted by Gasteiger charge is -2.14. The van der Waals surface area contributed by atoms with Crippen LogP contribution in [-0.4, -0.2) is 22.2 Å². The molecule has 2 aromatic carbocycles. The number of carbonyl (C=O) groups excluding carboxylic acids is 2. The highest BCUT2D eigenvalue weighted by molar-refractivity contribution is 5.92. The quantitative estimate of drug-likeness (QED) is 0.592. The highest BCUT2D eigenvalue weighted by Crippen LogP contribution is 2.30. The molecule has 0 atom stereocenters. The minimum absolute atomic E-state index is 0.0744. The molecule has 8 heteroatoms. The van der Waals surface area contributed by atoms with Gasteiger partial charge >= 0.3 is 6.01 Å². The van der Waals surface area contributed by atoms with E-state index < -0.39 is 0 Å². The first kappa shape index (κ1) is 20.5. The number of aryl methyl sites for hydroxylation is 2. The van der Waals surface area contributed by atoms with Crippen molar-refractivity contribution in [2.45, 2.75) is 20.8 Å². The molecule has 0 aliphatic rings. The second kappa shape index (κ2) is 8.84. The number of hydrogen-bond acceptors (Lipinski definition) is 7. The van der Waals surface area contributed by atoms with Crippen LogP contribution in [0.2, 0.25) is 0 Å². The molecule has 0 aliphatic heterocycles. The van der Waals surface area contributed by atoms with Crippen molar-refractivity contribution in [1.82, 2.24) is 9.97 Å². The van der Waals surface area contributed by atoms with Crippen LogP contribution in [0.4, 0.5) is 17.2 Å². The number of carbonyl (C=O) groups is 2. The zero-order valence-electron chi connectivity index (χ0n) is 16.7. The maximum atomic E-state index is 11.5. The summed E-state index contributed by atoms with van der Waals surface area (Å²) in [4.78, 5) is 31.1. The molecular formula is C22H19N5O3. The second-order valence-electron chi connectivity index (χ2n) is 6.61. The SMILES string of the molecule is CC(=O)Nc1cnc(Oc2c(C)cc(C=O)cc2C)nc1Nc1ccc(C#N)cc1. The monoisotopic (exact) mass is 401 g/mol. The second-order valence-corrected chi connectivity index (χ2v) is 6.61. The number of rotatable bonds is 6. The lowest BCUT2D eigenvalue weighted by Crippen LogP contribution is -2.10. The minimum Gasteiger partial charge on any atom is -0.424 e. The van der Waals surface area contributed by atoms with E-state index in [9.17, 15) is 9.59 Å². The number of hydrogen-bond donors (Lipinski definition) is 2. The van der Waals surface area contributed by atoms with Gasteiger partial charge in [0.05, 0.1) is 17.8 Å². The van der Waals surface area contributed by atoms with E-state index in [1.165, 1.54) is 13.1 Å². The molecule has 2 N–H and O–H groups in total. The predicted octanol–water partition coefficient (Wildman–Crippen LogP) is 4.27. The van der Waals surface area contributed by atoms with Gasteiger partial charge in [0.1, 0.15) is 17.7 Å². The Balaban J connectivity index is 1.95. The number of nitriles is 1. The third-order valence-electron chi connectivity index (χ3n) is 4.17. The molecule has 1 aromatic heterocycles. The molecule has 30 heavy (non-hydrogen) atoms. The van der Waals surface area contributed by atoms with Crippen LogP contribution in [0, 0.1) is 25.2 Å². The van der Waals surface area contributed by atoms with Gasteiger partial charge in [0.2, 0.25) is 5.91 Å². The first-order valence-corrected chi connectivity index (χ1v) is 9.05. The van der Waals surface area contributed by atoms with Crippen LogP contribution in [0.3, 0.4) is 0 Å². The van der Waals surface area contributed by atoms with E-state index in [1.54, 1.807) is 36.4 Å². The maximum absolute atomic E-state index is 11.5. The van der Waals surface area contributed by atoms with Gasteiger partial charge in [-0.1, -0.05) is 0 Å². The standard InChI is InChI=1S/C22H19N5O3/c1-13-8-17(12-28)9-14(2)20(13)30-22-24-11-19(25-15(3)29)21(27-22)26-18-6-4-16(10-23)5-7-18/h4-9,11-12H,1-3H3,(H,25,29)(H,24,26,27). The lowest BCUT2D eigenvalue weighted by atomic mass is 10.1. The van der Waals surface area contributed by atoms with E-state index in [-0.39, 0.29) is 11.9 Å². The Morgan fingerprint density at radius 3 is 2.40 bits per heavy atom. The molecule has 0 spiro atoms. The molecule has 3 aromatic rings. The van der Waals surface area contributed by atoms with E-state index in [0.717, 1.165) is 17.4 Å². The van der Waals surface area contributed by atoms with Crippen molar-refractivity contribution in [2.75, 3.05) is 10.6 Å². The molecule has 0 aliphatic carbocycles. The Hall–Kier alpha value is -4.25. The van der Waals surface area contributed by atoms with Crippen molar-refractivity contribution in [2.24, 2.45) is 0 Å². The summed E-state index contributed by atoms with van der Waals surface area (Å²) in [5.41, 5.74) is 3.68. The Labute approximate surface area is 173 Å². The molecule has 0 unspecified atom stereocenters. The molecule has 1 heterocycles. The van der Waals surface area contributed by atoms with Crippen molar-refractivity contribution >= 4 is 29.4 Å². The Morgan fingerprint density at radius 2 is 1.83 bits per heavy atom. The third kappa shape index (κ3) is 4.77. The summed E-state index contributed by atoms with van der Waals surface area (Å²) in [5.74, 6) is 0.614. The van der Waals surface area contributed by atoms with Gasteiger partial charge in [-0.25, -0.2) is 4.98 Å². The highest BCUT2D eigenvalue weighted by Gasteiger charge is 2.14. The van der Waals surface area contributed by atoms with Crippen molar-refractivity contribution in [1.29, 1.82) is 5.26 Å². The van der Waals surface area contributed by atoms with E-state index in [1.807, 2.05) is 13.8 Å². The Morgan fingerprint density at radius 1 is 1.17 bits per heavy atom. The van der Waals surface area contributed by atoms with Gasteiger partial charge in [-0.15, -0.1) is 0 Å². The molecule has 3 rings (SSSR count). The van der Waals surface area contributed by atoms with Crippen LogP contribution in [0.1, 0.15) is 34.0 Å². The van der Waals surface area contributed by atoms with Crippen molar-refractivity contribution in [3.8, 4) is 17.8 Å². The van der Waals surface area contributed by atoms with Gasteiger partial charge in [-0.2, -0.15) is 10.2 Å². The van der Waals surface area contributed by atoms with Gasteiger partial charge in [0.15, 0.2) is 5.82 Å². The number of anilines is 3. The fourth-order valence-corrected chi connectivity index (χ4v) is 2.86. The number of aromatic nitrogens is 2. The largest absolute Gasteiger partial charge is 0.424 e. The van der Waals surface area contributed by atoms with Gasteiger partial charge in [-0.05, 0) is 61.4 Å². The number of benzene rings is 2. The number of nitrogens with one attached hydrogen (secondary N) is 2. The van der Waals surface area contributed by atoms with Crippen LogP contribution in [0.5, 0.6) is 11.8 Å². The lowest BCUT2D eigenvalue weighted by molar-refractivity contribution is -0.114. The first-order valence-electron chi connectivity index (χ1n) is 9.05. The zero-order valence-corrected chi connectivity index (χ0v) is 16.7. The summed E-state index contributed by atoms with van der Waals surface area (Å²) in [7, 11) is 0. The summed E-state index contributed by atoms with van der Waals surface area (Å²) in [6.07, 6.45) is 2.22. The number of amides is 1. The molecule has 8 nitrogen and oxygen atoms in total. The molecule has 0 saturated heterocycles. The molecular weight excluding hydrogens is 382 g/mol. The number of ether oxygens (including phenoxy) is 1. The van der Waals surface area contributed by atoms with Gasteiger partial charge in [-0.3, -0.25) is 9.59 Å². The Bertz CT molecular complexity index is 1130. The normalized spacial score (nSPS) is 10.1. The van der Waals surface area contributed by atoms with Crippen molar-refractivity contribution in [3.63, 3.8) is 0 Å². The fraction of sp³-hybridized carbons (Fsp3) is 0.136. The molecule has 150 valence electrons. The highest BCUT2D eigenvalue weighted by atomic mass is 16.5. The smallest absolute Gasteiger partial charge is 0.324 e. The third-order valence-corrected chi connectivity index (χ3v) is 4.17. The molecule has 0 fully saturated rings. The van der Waals surface area contributed by atoms with E-state index in [4.69, 9.17) is 10.00 Å². The summed E-state index contributed by atoms with van der Waals surface area (Å²) >= 11 is 0. The van der Waals surface area contributed by atoms with Crippen LogP contribution in [0.25, 0.3) is 0 Å². The summed E-state index contributed by atoms with van der Waals surface area (Å²) in [6.45, 7) is 5.05. The zero-order chi connectivity index (χ0) is 21.7. The Kier molecular flexibility index (Phi) is 6.03. The van der Waals surface area contributed by atoms with E-state index in [0.29, 0.717) is 34.1 Å². The molecule has 0 radical (unpaired) electrons. The van der Waals surface area contributed by atoms with Crippen LogP contribution in [-0.2, 0) is 4.79 Å². The summed E-state index contributed by atoms with van der Waals surface area (Å²) in [6, 6.07) is 12.4. The minimum atomic E-state index is -0.272. The van der Waals surface area contributed by atoms with Crippen LogP contribution < -0.4 is 15.4 Å².